The predicted octanol–water partition coefficient (Wildman–Crippen LogP) is 7.33. The number of halogens is 3. The highest BCUT2D eigenvalue weighted by atomic mass is 35.5. The molecule has 0 atom stereocenters. The SMILES string of the molecule is CCCCCCCCCCCC[N+](C)(C)C.[O-]c1cc(Cl)c(Cl)cc1Cl. The van der Waals surface area contributed by atoms with Crippen molar-refractivity contribution in [1.29, 1.82) is 0 Å². The Labute approximate surface area is 176 Å². The molecule has 1 aromatic carbocycles. The van der Waals surface area contributed by atoms with Crippen LogP contribution >= 0.6 is 34.8 Å². The smallest absolute Gasteiger partial charge is 0.0780 e. The van der Waals surface area contributed by atoms with Crippen molar-refractivity contribution >= 4 is 34.8 Å². The summed E-state index contributed by atoms with van der Waals surface area (Å²) >= 11 is 16.5. The summed E-state index contributed by atoms with van der Waals surface area (Å²) in [5, 5.41) is 11.3. The van der Waals surface area contributed by atoms with Gasteiger partial charge in [0.05, 0.1) is 37.7 Å². The van der Waals surface area contributed by atoms with Gasteiger partial charge in [-0.15, -0.1) is 0 Å². The molecule has 0 heterocycles. The molecule has 0 spiro atoms. The van der Waals surface area contributed by atoms with E-state index in [2.05, 4.69) is 28.1 Å². The van der Waals surface area contributed by atoms with E-state index in [0.29, 0.717) is 5.02 Å². The molecule has 152 valence electrons. The Bertz CT molecular complexity index is 437. The fraction of sp³-hybridized carbons (Fsp3) is 0.714. The highest BCUT2D eigenvalue weighted by Crippen LogP contribution is 2.30. The minimum Gasteiger partial charge on any atom is -0.871 e. The van der Waals surface area contributed by atoms with Crippen LogP contribution in [0.15, 0.2) is 12.1 Å². The molecule has 2 nitrogen and oxygen atoms in total. The van der Waals surface area contributed by atoms with Crippen LogP contribution in [0.3, 0.4) is 0 Å². The molecule has 0 bridgehead atoms. The highest BCUT2D eigenvalue weighted by Gasteiger charge is 2.04. The third kappa shape index (κ3) is 15.0. The molecule has 0 unspecified atom stereocenters. The van der Waals surface area contributed by atoms with Crippen LogP contribution in [0.1, 0.15) is 71.1 Å². The van der Waals surface area contributed by atoms with Crippen LogP contribution in [0.25, 0.3) is 0 Å². The van der Waals surface area contributed by atoms with E-state index in [1.165, 1.54) is 82.9 Å². The van der Waals surface area contributed by atoms with E-state index in [-0.39, 0.29) is 15.8 Å². The number of rotatable bonds is 11. The molecule has 0 saturated carbocycles. The number of quaternary nitrogens is 1. The van der Waals surface area contributed by atoms with Gasteiger partial charge in [-0.3, -0.25) is 0 Å². The minimum atomic E-state index is -0.309. The number of hydrogen-bond donors (Lipinski definition) is 0. The monoisotopic (exact) mass is 423 g/mol. The zero-order valence-electron chi connectivity index (χ0n) is 16.9. The van der Waals surface area contributed by atoms with Crippen molar-refractivity contribution < 1.29 is 9.59 Å². The van der Waals surface area contributed by atoms with Crippen LogP contribution in [-0.2, 0) is 0 Å². The third-order valence-corrected chi connectivity index (χ3v) is 5.17. The van der Waals surface area contributed by atoms with Crippen molar-refractivity contribution in [3.63, 3.8) is 0 Å². The summed E-state index contributed by atoms with van der Waals surface area (Å²) in [6.07, 6.45) is 14.4. The van der Waals surface area contributed by atoms with Gasteiger partial charge in [0.2, 0.25) is 0 Å². The second-order valence-corrected chi connectivity index (χ2v) is 9.11. The average molecular weight is 425 g/mol. The maximum absolute atomic E-state index is 10.7. The molecule has 0 radical (unpaired) electrons. The Morgan fingerprint density at radius 2 is 1.12 bits per heavy atom. The third-order valence-electron chi connectivity index (χ3n) is 4.16. The summed E-state index contributed by atoms with van der Waals surface area (Å²) in [7, 11) is 6.86. The van der Waals surface area contributed by atoms with Crippen molar-refractivity contribution in [3.8, 4) is 5.75 Å². The van der Waals surface area contributed by atoms with Gasteiger partial charge >= 0.3 is 0 Å². The Kier molecular flexibility index (Phi) is 14.8. The molecule has 0 N–H and O–H groups in total. The lowest BCUT2D eigenvalue weighted by Gasteiger charge is -2.23. The first-order chi connectivity index (χ1) is 12.2. The van der Waals surface area contributed by atoms with E-state index in [9.17, 15) is 5.11 Å². The largest absolute Gasteiger partial charge is 0.871 e. The standard InChI is InChI=1S/C15H34N.C6H3Cl3O/c1-5-6-7-8-9-10-11-12-13-14-15-16(2,3)4;7-3-1-5(9)6(10)2-4(3)8/h5-15H2,1-4H3;1-2,10H/q+1;/p-1. The van der Waals surface area contributed by atoms with Crippen LogP contribution in [0.2, 0.25) is 15.1 Å². The van der Waals surface area contributed by atoms with Crippen LogP contribution in [0.4, 0.5) is 0 Å². The number of benzene rings is 1. The molecule has 1 rings (SSSR count). The summed E-state index contributed by atoms with van der Waals surface area (Å²) in [6, 6.07) is 2.51. The van der Waals surface area contributed by atoms with E-state index < -0.39 is 0 Å². The maximum Gasteiger partial charge on any atom is 0.0780 e. The van der Waals surface area contributed by atoms with Gasteiger partial charge in [-0.25, -0.2) is 0 Å². The van der Waals surface area contributed by atoms with E-state index in [1.807, 2.05) is 0 Å². The van der Waals surface area contributed by atoms with Gasteiger partial charge in [-0.1, -0.05) is 98.8 Å². The van der Waals surface area contributed by atoms with E-state index in [1.54, 1.807) is 0 Å². The maximum atomic E-state index is 10.7. The summed E-state index contributed by atoms with van der Waals surface area (Å²) in [5.41, 5.74) is 0. The first-order valence-corrected chi connectivity index (χ1v) is 10.9. The van der Waals surface area contributed by atoms with Crippen LogP contribution in [-0.4, -0.2) is 32.2 Å². The molecule has 0 aliphatic rings. The lowest BCUT2D eigenvalue weighted by molar-refractivity contribution is -0.870. The molecule has 0 amide bonds. The molecule has 1 aromatic rings. The van der Waals surface area contributed by atoms with E-state index in [0.717, 1.165) is 4.48 Å². The Hall–Kier alpha value is -0.150. The van der Waals surface area contributed by atoms with Crippen LogP contribution in [0.5, 0.6) is 5.75 Å². The van der Waals surface area contributed by atoms with Crippen molar-refractivity contribution in [2.75, 3.05) is 27.7 Å². The fourth-order valence-corrected chi connectivity index (χ4v) is 3.11. The van der Waals surface area contributed by atoms with Gasteiger partial charge in [-0.05, 0) is 25.0 Å². The number of nitrogens with zero attached hydrogens (tertiary/aromatic N) is 1. The Morgan fingerprint density at radius 3 is 1.54 bits per heavy atom. The van der Waals surface area contributed by atoms with Gasteiger partial charge in [0.15, 0.2) is 0 Å². The van der Waals surface area contributed by atoms with Crippen molar-refractivity contribution in [3.05, 3.63) is 27.2 Å². The predicted molar refractivity (Wildman–Crippen MR) is 116 cm³/mol. The van der Waals surface area contributed by atoms with Crippen LogP contribution < -0.4 is 5.11 Å². The fourth-order valence-electron chi connectivity index (χ4n) is 2.58. The molecule has 0 aromatic heterocycles. The zero-order chi connectivity index (χ0) is 20.0. The Morgan fingerprint density at radius 1 is 0.692 bits per heavy atom. The summed E-state index contributed by atoms with van der Waals surface area (Å²) in [6.45, 7) is 3.62. The summed E-state index contributed by atoms with van der Waals surface area (Å²) < 4.78 is 1.12. The molecule has 0 saturated heterocycles. The quantitative estimate of drug-likeness (QED) is 0.207. The van der Waals surface area contributed by atoms with Crippen molar-refractivity contribution in [2.45, 2.75) is 71.1 Å². The lowest BCUT2D eigenvalue weighted by atomic mass is 10.1. The first-order valence-electron chi connectivity index (χ1n) is 9.79. The minimum absolute atomic E-state index is 0.0920. The number of unbranched alkanes of at least 4 members (excludes halogenated alkanes) is 9. The second kappa shape index (κ2) is 14.9. The highest BCUT2D eigenvalue weighted by molar-refractivity contribution is 6.43. The van der Waals surface area contributed by atoms with E-state index in [4.69, 9.17) is 34.8 Å². The lowest BCUT2D eigenvalue weighted by Crippen LogP contribution is -2.35. The van der Waals surface area contributed by atoms with Gasteiger partial charge in [0, 0.05) is 5.02 Å². The Balaban J connectivity index is 0.000000531. The number of hydrogen-bond acceptors (Lipinski definition) is 1. The molecule has 26 heavy (non-hydrogen) atoms. The molecular weight excluding hydrogens is 389 g/mol. The van der Waals surface area contributed by atoms with Gasteiger partial charge < -0.3 is 9.59 Å². The van der Waals surface area contributed by atoms with Crippen LogP contribution in [0, 0.1) is 0 Å². The molecular formula is C21H36Cl3NO. The molecule has 0 aliphatic carbocycles. The zero-order valence-corrected chi connectivity index (χ0v) is 19.2. The topological polar surface area (TPSA) is 23.1 Å². The average Bonchev–Trinajstić information content (AvgIpc) is 2.54. The molecule has 0 fully saturated rings. The van der Waals surface area contributed by atoms with Gasteiger partial charge in [0.1, 0.15) is 0 Å². The second-order valence-electron chi connectivity index (χ2n) is 7.89. The van der Waals surface area contributed by atoms with Crippen molar-refractivity contribution in [2.24, 2.45) is 0 Å². The van der Waals surface area contributed by atoms with Crippen molar-refractivity contribution in [1.82, 2.24) is 0 Å². The normalized spacial score (nSPS) is 11.2. The molecule has 0 aliphatic heterocycles. The first kappa shape index (κ1) is 25.9. The molecule has 5 heteroatoms. The summed E-state index contributed by atoms with van der Waals surface area (Å²) in [5.74, 6) is -0.309. The van der Waals surface area contributed by atoms with Gasteiger partial charge in [0.25, 0.3) is 0 Å². The summed E-state index contributed by atoms with van der Waals surface area (Å²) in [4.78, 5) is 0. The van der Waals surface area contributed by atoms with E-state index >= 15 is 0 Å². The van der Waals surface area contributed by atoms with Gasteiger partial charge in [-0.2, -0.15) is 0 Å².